The monoisotopic (exact) mass is 481 g/mol. The van der Waals surface area contributed by atoms with Gasteiger partial charge in [0.05, 0.1) is 18.8 Å². The SMILES string of the molecule is CCCCCCCCCCCCCCC/C=C/[C@@H](O)[C@H](CO)NC(=O)CCCCCCCCC. The van der Waals surface area contributed by atoms with E-state index in [4.69, 9.17) is 0 Å². The minimum atomic E-state index is -0.829. The number of nitrogens with one attached hydrogen (secondary N) is 1. The summed E-state index contributed by atoms with van der Waals surface area (Å²) in [4.78, 5) is 12.1. The first-order valence-corrected chi connectivity index (χ1v) is 14.9. The second kappa shape index (κ2) is 26.7. The smallest absolute Gasteiger partial charge is 0.220 e. The summed E-state index contributed by atoms with van der Waals surface area (Å²) in [7, 11) is 0. The summed E-state index contributed by atoms with van der Waals surface area (Å²) < 4.78 is 0. The van der Waals surface area contributed by atoms with Crippen molar-refractivity contribution in [1.82, 2.24) is 5.32 Å². The van der Waals surface area contributed by atoms with Gasteiger partial charge >= 0.3 is 0 Å². The van der Waals surface area contributed by atoms with E-state index in [9.17, 15) is 15.0 Å². The maximum Gasteiger partial charge on any atom is 0.220 e. The van der Waals surface area contributed by atoms with Crippen LogP contribution in [-0.4, -0.2) is 34.9 Å². The van der Waals surface area contributed by atoms with Crippen LogP contribution in [0.4, 0.5) is 0 Å². The minimum Gasteiger partial charge on any atom is -0.394 e. The van der Waals surface area contributed by atoms with Crippen molar-refractivity contribution in [3.8, 4) is 0 Å². The molecule has 202 valence electrons. The van der Waals surface area contributed by atoms with E-state index in [2.05, 4.69) is 19.2 Å². The van der Waals surface area contributed by atoms with Gasteiger partial charge in [-0.15, -0.1) is 0 Å². The molecule has 0 saturated heterocycles. The van der Waals surface area contributed by atoms with Crippen molar-refractivity contribution in [2.24, 2.45) is 0 Å². The highest BCUT2D eigenvalue weighted by Crippen LogP contribution is 2.13. The Kier molecular flexibility index (Phi) is 26.0. The molecule has 1 amide bonds. The molecule has 0 saturated carbocycles. The highest BCUT2D eigenvalue weighted by molar-refractivity contribution is 5.76. The third kappa shape index (κ3) is 22.9. The van der Waals surface area contributed by atoms with E-state index in [1.807, 2.05) is 6.08 Å². The Balaban J connectivity index is 3.64. The van der Waals surface area contributed by atoms with Gasteiger partial charge in [-0.25, -0.2) is 0 Å². The Bertz CT molecular complexity index is 452. The molecule has 4 nitrogen and oxygen atoms in total. The van der Waals surface area contributed by atoms with Crippen LogP contribution >= 0.6 is 0 Å². The molecule has 0 bridgehead atoms. The number of hydrogen-bond acceptors (Lipinski definition) is 3. The Labute approximate surface area is 212 Å². The average Bonchev–Trinajstić information content (AvgIpc) is 2.84. The summed E-state index contributed by atoms with van der Waals surface area (Å²) in [6.07, 6.45) is 30.0. The summed E-state index contributed by atoms with van der Waals surface area (Å²) in [5.41, 5.74) is 0. The maximum absolute atomic E-state index is 12.1. The Hall–Kier alpha value is -0.870. The molecule has 0 aliphatic carbocycles. The van der Waals surface area contributed by atoms with E-state index >= 15 is 0 Å². The predicted molar refractivity (Wildman–Crippen MR) is 147 cm³/mol. The zero-order chi connectivity index (χ0) is 25.1. The van der Waals surface area contributed by atoms with Crippen molar-refractivity contribution in [1.29, 1.82) is 0 Å². The van der Waals surface area contributed by atoms with Crippen LogP contribution in [0.3, 0.4) is 0 Å². The molecule has 34 heavy (non-hydrogen) atoms. The van der Waals surface area contributed by atoms with Crippen molar-refractivity contribution in [2.45, 2.75) is 167 Å². The lowest BCUT2D eigenvalue weighted by Gasteiger charge is -2.20. The van der Waals surface area contributed by atoms with Crippen molar-refractivity contribution in [2.75, 3.05) is 6.61 Å². The first-order chi connectivity index (χ1) is 16.7. The van der Waals surface area contributed by atoms with E-state index < -0.39 is 12.1 Å². The molecule has 0 aromatic carbocycles. The lowest BCUT2D eigenvalue weighted by atomic mass is 10.0. The van der Waals surface area contributed by atoms with Crippen LogP contribution in [0, 0.1) is 0 Å². The molecule has 0 spiro atoms. The van der Waals surface area contributed by atoms with E-state index in [0.29, 0.717) is 6.42 Å². The van der Waals surface area contributed by atoms with Gasteiger partial charge in [-0.3, -0.25) is 4.79 Å². The van der Waals surface area contributed by atoms with Crippen molar-refractivity contribution in [3.05, 3.63) is 12.2 Å². The first kappa shape index (κ1) is 33.1. The molecular weight excluding hydrogens is 422 g/mol. The topological polar surface area (TPSA) is 69.6 Å². The normalized spacial score (nSPS) is 13.4. The second-order valence-corrected chi connectivity index (χ2v) is 10.2. The summed E-state index contributed by atoms with van der Waals surface area (Å²) in [5.74, 6) is -0.0726. The zero-order valence-electron chi connectivity index (χ0n) is 22.9. The number of hydrogen-bond donors (Lipinski definition) is 3. The molecular formula is C30H59NO3. The van der Waals surface area contributed by atoms with Gasteiger partial charge in [-0.1, -0.05) is 142 Å². The van der Waals surface area contributed by atoms with Gasteiger partial charge in [0.1, 0.15) is 0 Å². The third-order valence-corrected chi connectivity index (χ3v) is 6.77. The van der Waals surface area contributed by atoms with Gasteiger partial charge in [-0.05, 0) is 19.3 Å². The lowest BCUT2D eigenvalue weighted by molar-refractivity contribution is -0.123. The highest BCUT2D eigenvalue weighted by Gasteiger charge is 2.17. The number of unbranched alkanes of at least 4 members (excludes halogenated alkanes) is 19. The quantitative estimate of drug-likeness (QED) is 0.0865. The van der Waals surface area contributed by atoms with Crippen molar-refractivity contribution >= 4 is 5.91 Å². The van der Waals surface area contributed by atoms with E-state index in [1.165, 1.54) is 109 Å². The third-order valence-electron chi connectivity index (χ3n) is 6.77. The fraction of sp³-hybridized carbons (Fsp3) is 0.900. The lowest BCUT2D eigenvalue weighted by Crippen LogP contribution is -2.45. The largest absolute Gasteiger partial charge is 0.394 e. The van der Waals surface area contributed by atoms with E-state index in [0.717, 1.165) is 25.7 Å². The fourth-order valence-corrected chi connectivity index (χ4v) is 4.41. The van der Waals surface area contributed by atoms with Crippen LogP contribution in [0.1, 0.15) is 155 Å². The number of carbonyl (C=O) groups is 1. The fourth-order valence-electron chi connectivity index (χ4n) is 4.41. The molecule has 0 fully saturated rings. The Morgan fingerprint density at radius 2 is 1.09 bits per heavy atom. The average molecular weight is 482 g/mol. The predicted octanol–water partition coefficient (Wildman–Crippen LogP) is 8.00. The van der Waals surface area contributed by atoms with Crippen molar-refractivity contribution in [3.63, 3.8) is 0 Å². The van der Waals surface area contributed by atoms with Gasteiger partial charge in [0.2, 0.25) is 5.91 Å². The number of rotatable bonds is 26. The first-order valence-electron chi connectivity index (χ1n) is 14.9. The van der Waals surface area contributed by atoms with Crippen molar-refractivity contribution < 1.29 is 15.0 Å². The molecule has 2 atom stereocenters. The standard InChI is InChI=1S/C30H59NO3/c1-3-5-7-9-11-12-13-14-15-16-17-18-20-21-23-25-29(33)28(27-32)31-30(34)26-24-22-19-10-8-6-4-2/h23,25,28-29,32-33H,3-22,24,26-27H2,1-2H3,(H,31,34)/b25-23+/t28-,29+/m0/s1. The van der Waals surface area contributed by atoms with Gasteiger partial charge in [0.25, 0.3) is 0 Å². The molecule has 0 radical (unpaired) electrons. The van der Waals surface area contributed by atoms with Crippen LogP contribution in [0.2, 0.25) is 0 Å². The molecule has 3 N–H and O–H groups in total. The van der Waals surface area contributed by atoms with E-state index in [1.54, 1.807) is 6.08 Å². The Morgan fingerprint density at radius 1 is 0.676 bits per heavy atom. The highest BCUT2D eigenvalue weighted by atomic mass is 16.3. The van der Waals surface area contributed by atoms with Crippen LogP contribution < -0.4 is 5.32 Å². The number of amides is 1. The minimum absolute atomic E-state index is 0.0726. The molecule has 0 aromatic heterocycles. The van der Waals surface area contributed by atoms with Crippen LogP contribution in [0.25, 0.3) is 0 Å². The van der Waals surface area contributed by atoms with Gasteiger partial charge < -0.3 is 15.5 Å². The summed E-state index contributed by atoms with van der Waals surface area (Å²) in [5, 5.41) is 22.6. The summed E-state index contributed by atoms with van der Waals surface area (Å²) in [6.45, 7) is 4.24. The summed E-state index contributed by atoms with van der Waals surface area (Å²) >= 11 is 0. The molecule has 4 heteroatoms. The molecule has 0 rings (SSSR count). The second-order valence-electron chi connectivity index (χ2n) is 10.2. The molecule has 0 aromatic rings. The van der Waals surface area contributed by atoms with Crippen LogP contribution in [-0.2, 0) is 4.79 Å². The molecule has 0 aliphatic rings. The van der Waals surface area contributed by atoms with Gasteiger partial charge in [0.15, 0.2) is 0 Å². The number of aliphatic hydroxyl groups is 2. The van der Waals surface area contributed by atoms with Gasteiger partial charge in [-0.2, -0.15) is 0 Å². The maximum atomic E-state index is 12.1. The molecule has 0 aliphatic heterocycles. The van der Waals surface area contributed by atoms with Crippen LogP contribution in [0.15, 0.2) is 12.2 Å². The molecule has 0 heterocycles. The molecule has 0 unspecified atom stereocenters. The number of aliphatic hydroxyl groups excluding tert-OH is 2. The zero-order valence-corrected chi connectivity index (χ0v) is 22.9. The van der Waals surface area contributed by atoms with E-state index in [-0.39, 0.29) is 12.5 Å². The van der Waals surface area contributed by atoms with Gasteiger partial charge in [0, 0.05) is 6.42 Å². The van der Waals surface area contributed by atoms with Crippen LogP contribution in [0.5, 0.6) is 0 Å². The number of carbonyl (C=O) groups excluding carboxylic acids is 1. The Morgan fingerprint density at radius 3 is 1.53 bits per heavy atom. The summed E-state index contributed by atoms with van der Waals surface area (Å²) in [6, 6.07) is -0.611. The number of allylic oxidation sites excluding steroid dienone is 1.